The van der Waals surface area contributed by atoms with Gasteiger partial charge in [-0.1, -0.05) is 50.6 Å². The van der Waals surface area contributed by atoms with E-state index in [-0.39, 0.29) is 22.7 Å². The van der Waals surface area contributed by atoms with E-state index in [1.807, 2.05) is 24.3 Å². The van der Waals surface area contributed by atoms with Gasteiger partial charge < -0.3 is 4.74 Å². The van der Waals surface area contributed by atoms with Gasteiger partial charge in [-0.15, -0.1) is 0 Å². The number of hydrogen-bond donors (Lipinski definition) is 1. The summed E-state index contributed by atoms with van der Waals surface area (Å²) < 4.78 is 5.45. The van der Waals surface area contributed by atoms with E-state index in [2.05, 4.69) is 31.3 Å². The number of benzene rings is 2. The molecule has 0 heterocycles. The number of hydrogen-bond acceptors (Lipinski definition) is 5. The van der Waals surface area contributed by atoms with Crippen molar-refractivity contribution in [1.29, 1.82) is 0 Å². The van der Waals surface area contributed by atoms with Crippen molar-refractivity contribution < 1.29 is 14.5 Å². The van der Waals surface area contributed by atoms with E-state index in [0.717, 1.165) is 0 Å². The van der Waals surface area contributed by atoms with E-state index in [4.69, 9.17) is 16.3 Å². The van der Waals surface area contributed by atoms with Crippen LogP contribution in [-0.2, 0) is 10.2 Å². The predicted molar refractivity (Wildman–Crippen MR) is 109 cm³/mol. The Labute approximate surface area is 168 Å². The van der Waals surface area contributed by atoms with Crippen LogP contribution in [0.2, 0.25) is 5.02 Å². The summed E-state index contributed by atoms with van der Waals surface area (Å²) in [6.45, 7) is 7.77. The normalized spacial score (nSPS) is 11.8. The Bertz CT molecular complexity index is 903. The molecule has 0 aliphatic carbocycles. The molecule has 0 radical (unpaired) electrons. The van der Waals surface area contributed by atoms with Crippen molar-refractivity contribution in [2.45, 2.75) is 33.1 Å². The molecule has 148 valence electrons. The molecule has 0 aromatic heterocycles. The SMILES string of the molecule is C/C(=N/NC(=O)COc1ccc(C(C)(C)C)cc1)c1ccc(Cl)c([N+](=O)[O-])c1. The molecular weight excluding hydrogens is 382 g/mol. The Morgan fingerprint density at radius 1 is 1.21 bits per heavy atom. The molecule has 0 fully saturated rings. The Balaban J connectivity index is 1.94. The first-order chi connectivity index (χ1) is 13.1. The molecule has 2 aromatic rings. The van der Waals surface area contributed by atoms with Gasteiger partial charge in [0, 0.05) is 11.6 Å². The lowest BCUT2D eigenvalue weighted by molar-refractivity contribution is -0.384. The lowest BCUT2D eigenvalue weighted by Crippen LogP contribution is -2.25. The summed E-state index contributed by atoms with van der Waals surface area (Å²) in [5, 5.41) is 14.9. The molecule has 8 heteroatoms. The molecule has 0 bridgehead atoms. The highest BCUT2D eigenvalue weighted by atomic mass is 35.5. The van der Waals surface area contributed by atoms with E-state index in [1.165, 1.54) is 17.7 Å². The Morgan fingerprint density at radius 3 is 2.43 bits per heavy atom. The summed E-state index contributed by atoms with van der Waals surface area (Å²) in [4.78, 5) is 22.3. The van der Waals surface area contributed by atoms with E-state index in [9.17, 15) is 14.9 Å². The third kappa shape index (κ3) is 5.79. The number of hydrazone groups is 1. The number of carbonyl (C=O) groups is 1. The minimum absolute atomic E-state index is 0.0384. The Hall–Kier alpha value is -2.93. The first kappa shape index (κ1) is 21.4. The number of ether oxygens (including phenoxy) is 1. The van der Waals surface area contributed by atoms with Gasteiger partial charge in [-0.2, -0.15) is 5.10 Å². The first-order valence-corrected chi connectivity index (χ1v) is 8.96. The quantitative estimate of drug-likeness (QED) is 0.437. The summed E-state index contributed by atoms with van der Waals surface area (Å²) in [6.07, 6.45) is 0. The molecule has 0 atom stereocenters. The lowest BCUT2D eigenvalue weighted by atomic mass is 9.87. The van der Waals surface area contributed by atoms with Gasteiger partial charge in [-0.25, -0.2) is 5.43 Å². The summed E-state index contributed by atoms with van der Waals surface area (Å²) >= 11 is 5.79. The number of nitrogens with one attached hydrogen (secondary N) is 1. The predicted octanol–water partition coefficient (Wildman–Crippen LogP) is 4.46. The highest BCUT2D eigenvalue weighted by molar-refractivity contribution is 6.32. The molecule has 7 nitrogen and oxygen atoms in total. The van der Waals surface area contributed by atoms with E-state index >= 15 is 0 Å². The molecule has 2 rings (SSSR count). The van der Waals surface area contributed by atoms with Gasteiger partial charge in [-0.05, 0) is 36.1 Å². The second-order valence-corrected chi connectivity index (χ2v) is 7.63. The number of rotatable bonds is 6. The van der Waals surface area contributed by atoms with Crippen LogP contribution in [0.15, 0.2) is 47.6 Å². The number of nitro benzene ring substituents is 1. The maximum absolute atomic E-state index is 11.9. The molecule has 0 aliphatic heterocycles. The average molecular weight is 404 g/mol. The zero-order valence-corrected chi connectivity index (χ0v) is 16.9. The van der Waals surface area contributed by atoms with Gasteiger partial charge in [0.15, 0.2) is 6.61 Å². The molecule has 0 aliphatic rings. The average Bonchev–Trinajstić information content (AvgIpc) is 2.64. The van der Waals surface area contributed by atoms with Gasteiger partial charge in [0.2, 0.25) is 0 Å². The van der Waals surface area contributed by atoms with Gasteiger partial charge in [-0.3, -0.25) is 14.9 Å². The topological polar surface area (TPSA) is 93.8 Å². The highest BCUT2D eigenvalue weighted by Gasteiger charge is 2.15. The third-order valence-corrected chi connectivity index (χ3v) is 4.32. The van der Waals surface area contributed by atoms with Crippen LogP contribution >= 0.6 is 11.6 Å². The fraction of sp³-hybridized carbons (Fsp3) is 0.300. The van der Waals surface area contributed by atoms with Crippen LogP contribution in [0.3, 0.4) is 0 Å². The second kappa shape index (κ2) is 8.84. The summed E-state index contributed by atoms with van der Waals surface area (Å²) in [5.41, 5.74) is 4.25. The molecule has 1 N–H and O–H groups in total. The minimum Gasteiger partial charge on any atom is -0.484 e. The van der Waals surface area contributed by atoms with Crippen LogP contribution in [0.25, 0.3) is 0 Å². The van der Waals surface area contributed by atoms with E-state index in [0.29, 0.717) is 17.0 Å². The number of nitrogens with zero attached hydrogens (tertiary/aromatic N) is 2. The molecule has 0 unspecified atom stereocenters. The van der Waals surface area contributed by atoms with Crippen LogP contribution in [0, 0.1) is 10.1 Å². The summed E-state index contributed by atoms with van der Waals surface area (Å²) in [6, 6.07) is 11.9. The van der Waals surface area contributed by atoms with Crippen LogP contribution in [0.1, 0.15) is 38.8 Å². The fourth-order valence-corrected chi connectivity index (χ4v) is 2.51. The molecule has 28 heavy (non-hydrogen) atoms. The maximum atomic E-state index is 11.9. The highest BCUT2D eigenvalue weighted by Crippen LogP contribution is 2.25. The van der Waals surface area contributed by atoms with Gasteiger partial charge in [0.25, 0.3) is 11.6 Å². The van der Waals surface area contributed by atoms with Crippen LogP contribution in [-0.4, -0.2) is 23.1 Å². The van der Waals surface area contributed by atoms with Crippen molar-refractivity contribution in [2.75, 3.05) is 6.61 Å². The molecule has 1 amide bonds. The van der Waals surface area contributed by atoms with Crippen molar-refractivity contribution in [3.8, 4) is 5.75 Å². The Kier molecular flexibility index (Phi) is 6.75. The molecule has 0 saturated carbocycles. The maximum Gasteiger partial charge on any atom is 0.288 e. The summed E-state index contributed by atoms with van der Waals surface area (Å²) in [5.74, 6) is 0.139. The molecule has 0 spiro atoms. The van der Waals surface area contributed by atoms with Gasteiger partial charge in [0.1, 0.15) is 10.8 Å². The van der Waals surface area contributed by atoms with Crippen molar-refractivity contribution in [1.82, 2.24) is 5.43 Å². The van der Waals surface area contributed by atoms with E-state index < -0.39 is 10.8 Å². The molecule has 0 saturated heterocycles. The minimum atomic E-state index is -0.573. The van der Waals surface area contributed by atoms with Crippen molar-refractivity contribution >= 4 is 28.9 Å². The monoisotopic (exact) mass is 403 g/mol. The first-order valence-electron chi connectivity index (χ1n) is 8.58. The Morgan fingerprint density at radius 2 is 1.86 bits per heavy atom. The number of amides is 1. The third-order valence-electron chi connectivity index (χ3n) is 4.00. The number of nitro groups is 1. The zero-order valence-electron chi connectivity index (χ0n) is 16.2. The van der Waals surface area contributed by atoms with Crippen LogP contribution < -0.4 is 10.2 Å². The van der Waals surface area contributed by atoms with Gasteiger partial charge in [0.05, 0.1) is 10.6 Å². The van der Waals surface area contributed by atoms with Crippen LogP contribution in [0.5, 0.6) is 5.75 Å². The standard InChI is InChI=1S/C20H22ClN3O4/c1-13(14-5-10-17(21)18(11-14)24(26)27)22-23-19(25)12-28-16-8-6-15(7-9-16)20(2,3)4/h5-11H,12H2,1-4H3,(H,23,25)/b22-13-. The van der Waals surface area contributed by atoms with Crippen molar-refractivity contribution in [2.24, 2.45) is 5.10 Å². The fourth-order valence-electron chi connectivity index (χ4n) is 2.32. The van der Waals surface area contributed by atoms with Gasteiger partial charge >= 0.3 is 0 Å². The molecule has 2 aromatic carbocycles. The number of halogens is 1. The van der Waals surface area contributed by atoms with Crippen molar-refractivity contribution in [3.05, 3.63) is 68.7 Å². The summed E-state index contributed by atoms with van der Waals surface area (Å²) in [7, 11) is 0. The molecular formula is C20H22ClN3O4. The second-order valence-electron chi connectivity index (χ2n) is 7.22. The van der Waals surface area contributed by atoms with E-state index in [1.54, 1.807) is 13.0 Å². The smallest absolute Gasteiger partial charge is 0.288 e. The van der Waals surface area contributed by atoms with Crippen LogP contribution in [0.4, 0.5) is 5.69 Å². The lowest BCUT2D eigenvalue weighted by Gasteiger charge is -2.19. The number of carbonyl (C=O) groups excluding carboxylic acids is 1. The van der Waals surface area contributed by atoms with Crippen molar-refractivity contribution in [3.63, 3.8) is 0 Å². The zero-order chi connectivity index (χ0) is 20.9. The largest absolute Gasteiger partial charge is 0.484 e.